The Balaban J connectivity index is 4.70. The number of esters is 1. The van der Waals surface area contributed by atoms with Crippen LogP contribution in [0.2, 0.25) is 0 Å². The summed E-state index contributed by atoms with van der Waals surface area (Å²) in [7, 11) is 0. The molecular formula is C59H101NO5. The standard InChI is InChI=1S/C59H101NO5/c1-4-7-10-13-16-19-22-24-26-28-29-31-33-35-37-40-43-46-49-52-59(64)65-55(50-47-44-41-38-36-34-32-30-27-25-23-20-17-14-11-8-5-2)53-58(63)60-56(54-61)57(62)51-48-45-42-39-21-18-15-12-9-6-3/h7,10,16-17,19-20,24-27,29,31-32,34-35,37,55-57,61-62H,4-6,8-9,11-15,18,21-23,28,30,33,36,38-54H2,1-3H3,(H,60,63)/b10-7-,19-16-,20-17-,26-24-,27-25-,31-29-,34-32-,37-35-. The molecule has 0 fully saturated rings. The van der Waals surface area contributed by atoms with E-state index in [0.29, 0.717) is 19.3 Å². The maximum Gasteiger partial charge on any atom is 0.306 e. The number of nitrogens with one attached hydrogen (secondary N) is 1. The van der Waals surface area contributed by atoms with Crippen molar-refractivity contribution in [2.75, 3.05) is 6.61 Å². The number of unbranched alkanes of at least 4 members (excludes halogenated alkanes) is 19. The van der Waals surface area contributed by atoms with Crippen molar-refractivity contribution in [3.8, 4) is 0 Å². The Kier molecular flexibility index (Phi) is 49.2. The molecule has 6 heteroatoms. The van der Waals surface area contributed by atoms with Crippen LogP contribution in [0, 0.1) is 0 Å². The van der Waals surface area contributed by atoms with Gasteiger partial charge in [-0.1, -0.05) is 214 Å². The van der Waals surface area contributed by atoms with Crippen LogP contribution in [-0.4, -0.2) is 46.9 Å². The van der Waals surface area contributed by atoms with E-state index in [1.807, 2.05) is 0 Å². The second kappa shape index (κ2) is 51.8. The molecule has 0 aliphatic heterocycles. The smallest absolute Gasteiger partial charge is 0.306 e. The molecule has 0 radical (unpaired) electrons. The molecule has 0 bridgehead atoms. The number of allylic oxidation sites excluding steroid dienone is 16. The zero-order valence-electron chi connectivity index (χ0n) is 42.3. The third kappa shape index (κ3) is 47.1. The lowest BCUT2D eigenvalue weighted by atomic mass is 10.0. The van der Waals surface area contributed by atoms with Gasteiger partial charge in [-0.2, -0.15) is 0 Å². The number of aliphatic hydroxyl groups excluding tert-OH is 2. The quantitative estimate of drug-likeness (QED) is 0.0321. The van der Waals surface area contributed by atoms with Crippen LogP contribution in [0.15, 0.2) is 97.2 Å². The fraction of sp³-hybridized carbons (Fsp3) is 0.695. The number of ether oxygens (including phenoxy) is 1. The first-order valence-electron chi connectivity index (χ1n) is 27.0. The summed E-state index contributed by atoms with van der Waals surface area (Å²) in [4.78, 5) is 26.2. The molecule has 65 heavy (non-hydrogen) atoms. The van der Waals surface area contributed by atoms with Crippen LogP contribution in [0.25, 0.3) is 0 Å². The first-order valence-corrected chi connectivity index (χ1v) is 27.0. The molecule has 0 aromatic rings. The molecule has 0 saturated carbocycles. The lowest BCUT2D eigenvalue weighted by Gasteiger charge is -2.24. The Bertz CT molecular complexity index is 1290. The molecular weight excluding hydrogens is 803 g/mol. The minimum Gasteiger partial charge on any atom is -0.462 e. The van der Waals surface area contributed by atoms with E-state index in [4.69, 9.17) is 4.74 Å². The number of amides is 1. The summed E-state index contributed by atoms with van der Waals surface area (Å²) in [6.45, 7) is 6.31. The van der Waals surface area contributed by atoms with Gasteiger partial charge in [-0.25, -0.2) is 0 Å². The van der Waals surface area contributed by atoms with Gasteiger partial charge in [0.05, 0.1) is 25.2 Å². The Morgan fingerprint density at radius 2 is 0.831 bits per heavy atom. The summed E-state index contributed by atoms with van der Waals surface area (Å²) in [5.41, 5.74) is 0. The SMILES string of the molecule is CC/C=C\C/C=C\C/C=C\C/C=C\C/C=C\CCCCCC(=O)OC(CCCCCC/C=C\C/C=C\C/C=C\CCCCC)CC(=O)NC(CO)C(O)CCCCCCCCCCCC. The van der Waals surface area contributed by atoms with E-state index >= 15 is 0 Å². The fourth-order valence-electron chi connectivity index (χ4n) is 7.58. The van der Waals surface area contributed by atoms with E-state index in [9.17, 15) is 19.8 Å². The van der Waals surface area contributed by atoms with Crippen LogP contribution in [-0.2, 0) is 14.3 Å². The van der Waals surface area contributed by atoms with Crippen LogP contribution in [0.1, 0.15) is 239 Å². The van der Waals surface area contributed by atoms with Crippen LogP contribution in [0.4, 0.5) is 0 Å². The highest BCUT2D eigenvalue weighted by atomic mass is 16.5. The largest absolute Gasteiger partial charge is 0.462 e. The van der Waals surface area contributed by atoms with Gasteiger partial charge in [-0.3, -0.25) is 9.59 Å². The molecule has 0 aromatic heterocycles. The third-order valence-corrected chi connectivity index (χ3v) is 11.6. The van der Waals surface area contributed by atoms with Gasteiger partial charge in [0.2, 0.25) is 5.91 Å². The Labute approximate surface area is 401 Å². The minimum atomic E-state index is -0.805. The number of hydrogen-bond acceptors (Lipinski definition) is 5. The van der Waals surface area contributed by atoms with Crippen molar-refractivity contribution in [1.82, 2.24) is 5.32 Å². The third-order valence-electron chi connectivity index (χ3n) is 11.6. The minimum absolute atomic E-state index is 0.0438. The Morgan fingerprint density at radius 3 is 1.29 bits per heavy atom. The van der Waals surface area contributed by atoms with Gasteiger partial charge in [0.15, 0.2) is 0 Å². The molecule has 0 aromatic carbocycles. The molecule has 1 amide bonds. The van der Waals surface area contributed by atoms with E-state index in [2.05, 4.69) is 123 Å². The van der Waals surface area contributed by atoms with E-state index in [1.165, 1.54) is 70.6 Å². The summed E-state index contributed by atoms with van der Waals surface area (Å²) >= 11 is 0. The van der Waals surface area contributed by atoms with E-state index in [-0.39, 0.29) is 24.9 Å². The van der Waals surface area contributed by atoms with Crippen LogP contribution in [0.3, 0.4) is 0 Å². The summed E-state index contributed by atoms with van der Waals surface area (Å²) in [5, 5.41) is 23.7. The fourth-order valence-corrected chi connectivity index (χ4v) is 7.58. The van der Waals surface area contributed by atoms with Gasteiger partial charge >= 0.3 is 5.97 Å². The van der Waals surface area contributed by atoms with Crippen LogP contribution in [0.5, 0.6) is 0 Å². The molecule has 3 N–H and O–H groups in total. The number of carbonyl (C=O) groups is 2. The normalized spacial score (nSPS) is 14.0. The highest BCUT2D eigenvalue weighted by Crippen LogP contribution is 2.17. The first kappa shape index (κ1) is 61.8. The zero-order chi connectivity index (χ0) is 47.4. The first-order chi connectivity index (χ1) is 32.0. The van der Waals surface area contributed by atoms with E-state index < -0.39 is 18.2 Å². The summed E-state index contributed by atoms with van der Waals surface area (Å²) in [5.74, 6) is -0.539. The molecule has 372 valence electrons. The second-order valence-electron chi connectivity index (χ2n) is 17.9. The summed E-state index contributed by atoms with van der Waals surface area (Å²) < 4.78 is 5.92. The van der Waals surface area contributed by atoms with Crippen LogP contribution >= 0.6 is 0 Å². The highest BCUT2D eigenvalue weighted by Gasteiger charge is 2.24. The molecule has 0 spiro atoms. The topological polar surface area (TPSA) is 95.9 Å². The lowest BCUT2D eigenvalue weighted by molar-refractivity contribution is -0.151. The molecule has 0 aliphatic carbocycles. The molecule has 3 unspecified atom stereocenters. The van der Waals surface area contributed by atoms with Crippen molar-refractivity contribution in [2.24, 2.45) is 0 Å². The van der Waals surface area contributed by atoms with Crippen molar-refractivity contribution in [1.29, 1.82) is 0 Å². The van der Waals surface area contributed by atoms with Gasteiger partial charge < -0.3 is 20.3 Å². The van der Waals surface area contributed by atoms with Crippen molar-refractivity contribution in [3.05, 3.63) is 97.2 Å². The zero-order valence-corrected chi connectivity index (χ0v) is 42.3. The van der Waals surface area contributed by atoms with Gasteiger partial charge in [0.25, 0.3) is 0 Å². The molecule has 3 atom stereocenters. The molecule has 0 saturated heterocycles. The summed E-state index contributed by atoms with van der Waals surface area (Å²) in [6.07, 6.45) is 68.9. The monoisotopic (exact) mass is 904 g/mol. The average molecular weight is 904 g/mol. The van der Waals surface area contributed by atoms with Crippen molar-refractivity contribution < 1.29 is 24.5 Å². The van der Waals surface area contributed by atoms with Gasteiger partial charge in [-0.05, 0) is 109 Å². The summed E-state index contributed by atoms with van der Waals surface area (Å²) in [6, 6.07) is -0.721. The van der Waals surface area contributed by atoms with Crippen molar-refractivity contribution in [2.45, 2.75) is 257 Å². The highest BCUT2D eigenvalue weighted by molar-refractivity contribution is 5.77. The maximum absolute atomic E-state index is 13.2. The van der Waals surface area contributed by atoms with Crippen LogP contribution < -0.4 is 5.32 Å². The lowest BCUT2D eigenvalue weighted by Crippen LogP contribution is -2.46. The molecule has 0 aliphatic rings. The van der Waals surface area contributed by atoms with E-state index in [1.54, 1.807) is 0 Å². The van der Waals surface area contributed by atoms with Gasteiger partial charge in [0.1, 0.15) is 6.10 Å². The Hall–Kier alpha value is -3.22. The number of carbonyl (C=O) groups excluding carboxylic acids is 2. The van der Waals surface area contributed by atoms with E-state index in [0.717, 1.165) is 122 Å². The predicted molar refractivity (Wildman–Crippen MR) is 282 cm³/mol. The Morgan fingerprint density at radius 1 is 0.462 bits per heavy atom. The average Bonchev–Trinajstić information content (AvgIpc) is 3.30. The maximum atomic E-state index is 13.2. The second-order valence-corrected chi connectivity index (χ2v) is 17.9. The predicted octanol–water partition coefficient (Wildman–Crippen LogP) is 16.5. The van der Waals surface area contributed by atoms with Gasteiger partial charge in [-0.15, -0.1) is 0 Å². The number of aliphatic hydroxyl groups is 2. The molecule has 0 rings (SSSR count). The van der Waals surface area contributed by atoms with Crippen molar-refractivity contribution >= 4 is 11.9 Å². The van der Waals surface area contributed by atoms with Gasteiger partial charge in [0, 0.05) is 6.42 Å². The number of hydrogen-bond donors (Lipinski definition) is 3. The van der Waals surface area contributed by atoms with Crippen molar-refractivity contribution in [3.63, 3.8) is 0 Å². The molecule has 6 nitrogen and oxygen atoms in total. The molecule has 0 heterocycles. The number of rotatable bonds is 47.